The van der Waals surface area contributed by atoms with Gasteiger partial charge >= 0.3 is 17.6 Å². The van der Waals surface area contributed by atoms with Crippen molar-refractivity contribution in [1.29, 1.82) is 0 Å². The molecule has 0 bridgehead atoms. The minimum Gasteiger partial charge on any atom is -0.860 e. The van der Waals surface area contributed by atoms with Gasteiger partial charge in [0.05, 0.1) is 19.4 Å². The number of carbonyl (C=O) groups is 2. The van der Waals surface area contributed by atoms with E-state index in [4.69, 9.17) is 19.3 Å². The van der Waals surface area contributed by atoms with Crippen molar-refractivity contribution >= 4 is 11.9 Å². The minimum atomic E-state index is -1.12. The standard InChI is InChI=1S/C25H26N2O9/c28-21(29)10-11-22(30)35-13-12-34-16-27-24(32)19(23(31)26-25(27)33)14-18-8-4-5-9-20(18)36-15-17-6-2-1-3-7-17/h1-9,32H,10-16H2,(H,28,29)(H,26,31,33)/p-1. The first-order valence-corrected chi connectivity index (χ1v) is 11.1. The molecule has 190 valence electrons. The number of carbonyl (C=O) groups excluding carboxylic acids is 1. The first-order valence-electron chi connectivity index (χ1n) is 11.1. The Balaban J connectivity index is 1.64. The number of aliphatic carboxylic acids is 1. The van der Waals surface area contributed by atoms with E-state index >= 15 is 0 Å². The highest BCUT2D eigenvalue weighted by atomic mass is 16.6. The van der Waals surface area contributed by atoms with E-state index in [0.717, 1.165) is 10.1 Å². The van der Waals surface area contributed by atoms with E-state index < -0.39 is 35.8 Å². The van der Waals surface area contributed by atoms with E-state index in [2.05, 4.69) is 4.98 Å². The van der Waals surface area contributed by atoms with Gasteiger partial charge in [0.25, 0.3) is 5.56 Å². The molecule has 36 heavy (non-hydrogen) atoms. The van der Waals surface area contributed by atoms with E-state index in [1.165, 1.54) is 0 Å². The number of carboxylic acids is 1. The zero-order chi connectivity index (χ0) is 25.9. The van der Waals surface area contributed by atoms with Gasteiger partial charge < -0.3 is 24.4 Å². The molecule has 11 heteroatoms. The molecular weight excluding hydrogens is 472 g/mol. The number of aromatic amines is 1. The summed E-state index contributed by atoms with van der Waals surface area (Å²) >= 11 is 0. The van der Waals surface area contributed by atoms with Crippen LogP contribution in [0, 0.1) is 0 Å². The molecule has 2 aromatic carbocycles. The molecule has 0 saturated heterocycles. The summed E-state index contributed by atoms with van der Waals surface area (Å²) in [5, 5.41) is 21.5. The summed E-state index contributed by atoms with van der Waals surface area (Å²) in [4.78, 5) is 48.6. The maximum atomic E-state index is 12.9. The highest BCUT2D eigenvalue weighted by molar-refractivity contribution is 5.76. The number of aromatic nitrogens is 2. The number of hydrogen-bond acceptors (Lipinski definition) is 8. The van der Waals surface area contributed by atoms with Crippen molar-refractivity contribution in [2.45, 2.75) is 32.6 Å². The van der Waals surface area contributed by atoms with Crippen molar-refractivity contribution in [1.82, 2.24) is 9.55 Å². The van der Waals surface area contributed by atoms with Crippen LogP contribution < -0.4 is 21.1 Å². The van der Waals surface area contributed by atoms with E-state index in [-0.39, 0.29) is 38.0 Å². The molecule has 1 heterocycles. The van der Waals surface area contributed by atoms with Gasteiger partial charge in [0.1, 0.15) is 25.7 Å². The van der Waals surface area contributed by atoms with Crippen LogP contribution in [0.1, 0.15) is 29.5 Å². The molecule has 0 fully saturated rings. The lowest BCUT2D eigenvalue weighted by Crippen LogP contribution is -2.35. The van der Waals surface area contributed by atoms with Gasteiger partial charge in [0.2, 0.25) is 0 Å². The summed E-state index contributed by atoms with van der Waals surface area (Å²) < 4.78 is 16.7. The first-order chi connectivity index (χ1) is 17.3. The summed E-state index contributed by atoms with van der Waals surface area (Å²) in [7, 11) is 0. The first kappa shape index (κ1) is 26.2. The summed E-state index contributed by atoms with van der Waals surface area (Å²) in [5.74, 6) is -2.13. The van der Waals surface area contributed by atoms with Crippen LogP contribution in [0.2, 0.25) is 0 Å². The van der Waals surface area contributed by atoms with Crippen LogP contribution in [0.4, 0.5) is 0 Å². The number of H-pyrrole nitrogens is 1. The maximum absolute atomic E-state index is 12.9. The van der Waals surface area contributed by atoms with E-state index in [1.807, 2.05) is 30.3 Å². The zero-order valence-electron chi connectivity index (χ0n) is 19.3. The van der Waals surface area contributed by atoms with Crippen molar-refractivity contribution in [2.24, 2.45) is 0 Å². The third-order valence-electron chi connectivity index (χ3n) is 5.07. The predicted octanol–water partition coefficient (Wildman–Crippen LogP) is 1.16. The predicted molar refractivity (Wildman–Crippen MR) is 125 cm³/mol. The maximum Gasteiger partial charge on any atom is 0.329 e. The molecule has 0 radical (unpaired) electrons. The van der Waals surface area contributed by atoms with E-state index in [1.54, 1.807) is 24.3 Å². The average Bonchev–Trinajstić information content (AvgIpc) is 2.86. The Morgan fingerprint density at radius 3 is 2.44 bits per heavy atom. The monoisotopic (exact) mass is 497 g/mol. The Morgan fingerprint density at radius 1 is 0.972 bits per heavy atom. The number of para-hydroxylation sites is 1. The van der Waals surface area contributed by atoms with Crippen LogP contribution >= 0.6 is 0 Å². The highest BCUT2D eigenvalue weighted by Gasteiger charge is 2.13. The summed E-state index contributed by atoms with van der Waals surface area (Å²) in [6.45, 7) is -0.508. The SMILES string of the molecule is O=C(O)CCC(=O)OCCOCn1c([O-])c(Cc2ccccc2OCc2ccccc2)c(=O)[nH]c1=O. The molecule has 2 N–H and O–H groups in total. The Morgan fingerprint density at radius 2 is 1.69 bits per heavy atom. The smallest absolute Gasteiger partial charge is 0.329 e. The molecule has 0 saturated carbocycles. The van der Waals surface area contributed by atoms with Crippen LogP contribution in [0.3, 0.4) is 0 Å². The molecule has 0 unspecified atom stereocenters. The van der Waals surface area contributed by atoms with E-state index in [9.17, 15) is 24.3 Å². The molecule has 0 aliphatic heterocycles. The molecule has 0 spiro atoms. The fourth-order valence-electron chi connectivity index (χ4n) is 3.23. The summed E-state index contributed by atoms with van der Waals surface area (Å²) in [6, 6.07) is 16.5. The van der Waals surface area contributed by atoms with Crippen LogP contribution in [-0.4, -0.2) is 39.8 Å². The molecular formula is C25H25N2O9-. The lowest BCUT2D eigenvalue weighted by Gasteiger charge is -2.20. The molecule has 0 amide bonds. The Kier molecular flexibility index (Phi) is 9.40. The van der Waals surface area contributed by atoms with Gasteiger partial charge in [0.15, 0.2) is 0 Å². The Hall–Kier alpha value is -4.38. The lowest BCUT2D eigenvalue weighted by molar-refractivity contribution is -0.283. The zero-order valence-corrected chi connectivity index (χ0v) is 19.3. The molecule has 0 aliphatic carbocycles. The van der Waals surface area contributed by atoms with Crippen molar-refractivity contribution in [3.8, 4) is 11.6 Å². The third kappa shape index (κ3) is 7.57. The van der Waals surface area contributed by atoms with Gasteiger partial charge in [0, 0.05) is 12.0 Å². The van der Waals surface area contributed by atoms with Crippen molar-refractivity contribution in [3.63, 3.8) is 0 Å². The molecule has 0 aliphatic rings. The second-order valence-corrected chi connectivity index (χ2v) is 7.68. The third-order valence-corrected chi connectivity index (χ3v) is 5.07. The normalized spacial score (nSPS) is 10.7. The quantitative estimate of drug-likeness (QED) is 0.261. The van der Waals surface area contributed by atoms with Gasteiger partial charge in [-0.2, -0.15) is 0 Å². The van der Waals surface area contributed by atoms with Crippen LogP contribution in [0.5, 0.6) is 11.6 Å². The van der Waals surface area contributed by atoms with Gasteiger partial charge in [-0.15, -0.1) is 0 Å². The van der Waals surface area contributed by atoms with Gasteiger partial charge in [-0.3, -0.25) is 23.9 Å². The number of nitrogens with zero attached hydrogens (tertiary/aromatic N) is 1. The second-order valence-electron chi connectivity index (χ2n) is 7.68. The largest absolute Gasteiger partial charge is 0.860 e. The van der Waals surface area contributed by atoms with Gasteiger partial charge in [-0.1, -0.05) is 48.5 Å². The fraction of sp³-hybridized carbons (Fsp3) is 0.280. The fourth-order valence-corrected chi connectivity index (χ4v) is 3.23. The van der Waals surface area contributed by atoms with Crippen molar-refractivity contribution in [2.75, 3.05) is 13.2 Å². The lowest BCUT2D eigenvalue weighted by atomic mass is 10.1. The van der Waals surface area contributed by atoms with Crippen LogP contribution in [-0.2, 0) is 38.8 Å². The molecule has 3 rings (SSSR count). The number of rotatable bonds is 13. The summed E-state index contributed by atoms with van der Waals surface area (Å²) in [6.07, 6.45) is -0.699. The van der Waals surface area contributed by atoms with Gasteiger partial charge in [-0.25, -0.2) is 4.79 Å². The van der Waals surface area contributed by atoms with E-state index in [0.29, 0.717) is 17.9 Å². The molecule has 1 aromatic heterocycles. The summed E-state index contributed by atoms with van der Waals surface area (Å²) in [5.41, 5.74) is -0.343. The van der Waals surface area contributed by atoms with Crippen molar-refractivity contribution in [3.05, 3.63) is 92.1 Å². The number of esters is 1. The Labute approximate surface area is 205 Å². The molecule has 11 nitrogen and oxygen atoms in total. The molecule has 3 aromatic rings. The van der Waals surface area contributed by atoms with Gasteiger partial charge in [-0.05, 0) is 23.1 Å². The number of carboxylic acid groups (broad SMARTS) is 1. The number of ether oxygens (including phenoxy) is 3. The number of benzene rings is 2. The minimum absolute atomic E-state index is 0.0688. The average molecular weight is 497 g/mol. The number of hydrogen-bond donors (Lipinski definition) is 2. The second kappa shape index (κ2) is 12.9. The highest BCUT2D eigenvalue weighted by Crippen LogP contribution is 2.23. The number of nitrogens with one attached hydrogen (secondary N) is 1. The topological polar surface area (TPSA) is 160 Å². The van der Waals surface area contributed by atoms with Crippen LogP contribution in [0.25, 0.3) is 0 Å². The Bertz CT molecular complexity index is 1300. The van der Waals surface area contributed by atoms with Crippen LogP contribution in [0.15, 0.2) is 64.2 Å². The van der Waals surface area contributed by atoms with Crippen molar-refractivity contribution < 1.29 is 34.0 Å². The molecule has 0 atom stereocenters.